The van der Waals surface area contributed by atoms with Crippen molar-refractivity contribution in [2.24, 2.45) is 7.05 Å². The summed E-state index contributed by atoms with van der Waals surface area (Å²) in [7, 11) is 1.92. The quantitative estimate of drug-likeness (QED) is 0.549. The molecule has 0 N–H and O–H groups in total. The molecule has 1 rings (SSSR count). The SMILES string of the molecule is CCN(CC)C(=O)c1ccc[n+](C)c1.[Cl-]. The van der Waals surface area contributed by atoms with Crippen LogP contribution >= 0.6 is 0 Å². The Hall–Kier alpha value is -1.09. The zero-order valence-corrected chi connectivity index (χ0v) is 10.2. The second kappa shape index (κ2) is 6.40. The van der Waals surface area contributed by atoms with Crippen LogP contribution in [-0.2, 0) is 7.05 Å². The number of pyridine rings is 1. The molecule has 0 saturated carbocycles. The van der Waals surface area contributed by atoms with E-state index in [9.17, 15) is 4.79 Å². The number of aromatic nitrogens is 1. The molecule has 0 aromatic carbocycles. The summed E-state index contributed by atoms with van der Waals surface area (Å²) in [5, 5.41) is 0. The first-order chi connectivity index (χ1) is 6.69. The second-order valence-corrected chi connectivity index (χ2v) is 3.24. The Morgan fingerprint density at radius 2 is 2.00 bits per heavy atom. The van der Waals surface area contributed by atoms with Gasteiger partial charge in [-0.05, 0) is 19.9 Å². The molecule has 0 aliphatic carbocycles. The van der Waals surface area contributed by atoms with Crippen LogP contribution in [0.2, 0.25) is 0 Å². The Morgan fingerprint density at radius 1 is 1.40 bits per heavy atom. The van der Waals surface area contributed by atoms with Crippen LogP contribution in [0.4, 0.5) is 0 Å². The van der Waals surface area contributed by atoms with Gasteiger partial charge in [0.25, 0.3) is 5.91 Å². The Kier molecular flexibility index (Phi) is 5.94. The topological polar surface area (TPSA) is 24.2 Å². The van der Waals surface area contributed by atoms with Crippen LogP contribution in [0.15, 0.2) is 24.5 Å². The van der Waals surface area contributed by atoms with E-state index in [0.717, 1.165) is 18.7 Å². The third-order valence-electron chi connectivity index (χ3n) is 2.24. The Bertz CT molecular complexity index is 324. The molecule has 1 aromatic rings. The normalized spacial score (nSPS) is 9.27. The van der Waals surface area contributed by atoms with Crippen molar-refractivity contribution in [1.29, 1.82) is 0 Å². The van der Waals surface area contributed by atoms with E-state index in [0.29, 0.717) is 0 Å². The van der Waals surface area contributed by atoms with Gasteiger partial charge in [0.15, 0.2) is 12.4 Å². The van der Waals surface area contributed by atoms with Crippen LogP contribution in [0.1, 0.15) is 24.2 Å². The predicted molar refractivity (Wildman–Crippen MR) is 54.9 cm³/mol. The monoisotopic (exact) mass is 228 g/mol. The molecule has 3 nitrogen and oxygen atoms in total. The van der Waals surface area contributed by atoms with Crippen molar-refractivity contribution in [3.05, 3.63) is 30.1 Å². The van der Waals surface area contributed by atoms with Gasteiger partial charge in [0.2, 0.25) is 0 Å². The molecule has 0 aliphatic heterocycles. The van der Waals surface area contributed by atoms with Gasteiger partial charge in [-0.15, -0.1) is 0 Å². The number of rotatable bonds is 3. The molecule has 0 fully saturated rings. The van der Waals surface area contributed by atoms with E-state index in [1.807, 2.05) is 54.9 Å². The first kappa shape index (κ1) is 13.9. The number of aryl methyl sites for hydroxylation is 1. The van der Waals surface area contributed by atoms with Gasteiger partial charge in [-0.3, -0.25) is 4.79 Å². The molecule has 1 amide bonds. The third kappa shape index (κ3) is 3.51. The van der Waals surface area contributed by atoms with Crippen LogP contribution in [0, 0.1) is 0 Å². The molecule has 15 heavy (non-hydrogen) atoms. The fourth-order valence-corrected chi connectivity index (χ4v) is 1.41. The van der Waals surface area contributed by atoms with Gasteiger partial charge < -0.3 is 17.3 Å². The zero-order valence-electron chi connectivity index (χ0n) is 9.40. The van der Waals surface area contributed by atoms with Crippen molar-refractivity contribution in [2.75, 3.05) is 13.1 Å². The van der Waals surface area contributed by atoms with E-state index in [-0.39, 0.29) is 18.3 Å². The average molecular weight is 229 g/mol. The van der Waals surface area contributed by atoms with E-state index in [4.69, 9.17) is 0 Å². The molecule has 0 radical (unpaired) electrons. The molecule has 84 valence electrons. The first-order valence-corrected chi connectivity index (χ1v) is 4.93. The molecule has 0 spiro atoms. The Labute approximate surface area is 97.1 Å². The highest BCUT2D eigenvalue weighted by molar-refractivity contribution is 5.93. The van der Waals surface area contributed by atoms with Gasteiger partial charge in [-0.1, -0.05) is 0 Å². The molecule has 0 bridgehead atoms. The highest BCUT2D eigenvalue weighted by Gasteiger charge is 2.14. The fraction of sp³-hybridized carbons (Fsp3) is 0.455. The van der Waals surface area contributed by atoms with Crippen LogP contribution in [0.5, 0.6) is 0 Å². The third-order valence-corrected chi connectivity index (χ3v) is 2.24. The molecule has 1 aromatic heterocycles. The molecule has 0 aliphatic rings. The number of carbonyl (C=O) groups is 1. The Morgan fingerprint density at radius 3 is 2.47 bits per heavy atom. The van der Waals surface area contributed by atoms with Crippen LogP contribution < -0.4 is 17.0 Å². The van der Waals surface area contributed by atoms with E-state index >= 15 is 0 Å². The maximum absolute atomic E-state index is 11.9. The first-order valence-electron chi connectivity index (χ1n) is 4.93. The highest BCUT2D eigenvalue weighted by Crippen LogP contribution is 2.01. The van der Waals surface area contributed by atoms with E-state index < -0.39 is 0 Å². The lowest BCUT2D eigenvalue weighted by Crippen LogP contribution is -3.00. The number of hydrogen-bond donors (Lipinski definition) is 0. The second-order valence-electron chi connectivity index (χ2n) is 3.24. The van der Waals surface area contributed by atoms with E-state index in [1.165, 1.54) is 0 Å². The van der Waals surface area contributed by atoms with Gasteiger partial charge in [0.1, 0.15) is 12.6 Å². The predicted octanol–water partition coefficient (Wildman–Crippen LogP) is -2.00. The molecular weight excluding hydrogens is 212 g/mol. The highest BCUT2D eigenvalue weighted by atomic mass is 35.5. The van der Waals surface area contributed by atoms with E-state index in [2.05, 4.69) is 0 Å². The number of nitrogens with zero attached hydrogens (tertiary/aromatic N) is 2. The smallest absolute Gasteiger partial charge is 0.259 e. The van der Waals surface area contributed by atoms with Crippen LogP contribution in [0.25, 0.3) is 0 Å². The lowest BCUT2D eigenvalue weighted by molar-refractivity contribution is -0.671. The summed E-state index contributed by atoms with van der Waals surface area (Å²) in [6.45, 7) is 5.50. The van der Waals surface area contributed by atoms with Crippen LogP contribution in [-0.4, -0.2) is 23.9 Å². The van der Waals surface area contributed by atoms with E-state index in [1.54, 1.807) is 0 Å². The minimum Gasteiger partial charge on any atom is -1.00 e. The number of halogens is 1. The van der Waals surface area contributed by atoms with Crippen molar-refractivity contribution < 1.29 is 21.8 Å². The van der Waals surface area contributed by atoms with Crippen molar-refractivity contribution in [3.8, 4) is 0 Å². The summed E-state index contributed by atoms with van der Waals surface area (Å²) in [5.74, 6) is 0.103. The minimum atomic E-state index is 0. The molecule has 0 atom stereocenters. The summed E-state index contributed by atoms with van der Waals surface area (Å²) in [6, 6.07) is 3.73. The zero-order chi connectivity index (χ0) is 10.6. The molecule has 4 heteroatoms. The van der Waals surface area contributed by atoms with Gasteiger partial charge in [0.05, 0.1) is 0 Å². The molecular formula is C11H17ClN2O. The summed E-state index contributed by atoms with van der Waals surface area (Å²) >= 11 is 0. The average Bonchev–Trinajstić information content (AvgIpc) is 2.19. The van der Waals surface area contributed by atoms with Crippen molar-refractivity contribution in [1.82, 2.24) is 4.90 Å². The van der Waals surface area contributed by atoms with Gasteiger partial charge in [-0.2, -0.15) is 0 Å². The fourth-order valence-electron chi connectivity index (χ4n) is 1.41. The van der Waals surface area contributed by atoms with Gasteiger partial charge >= 0.3 is 0 Å². The lowest BCUT2D eigenvalue weighted by Gasteiger charge is -2.17. The number of carbonyl (C=O) groups excluding carboxylic acids is 1. The Balaban J connectivity index is 0.00000196. The lowest BCUT2D eigenvalue weighted by atomic mass is 10.2. The standard InChI is InChI=1S/C11H17N2O.ClH/c1-4-13(5-2)11(14)10-7-6-8-12(3)9-10;/h6-9H,4-5H2,1-3H3;1H/q+1;/p-1. The maximum Gasteiger partial charge on any atom is 0.259 e. The van der Waals surface area contributed by atoms with Crippen molar-refractivity contribution in [2.45, 2.75) is 13.8 Å². The van der Waals surface area contributed by atoms with Crippen LogP contribution in [0.3, 0.4) is 0 Å². The summed E-state index contributed by atoms with van der Waals surface area (Å²) in [6.07, 6.45) is 3.76. The molecule has 1 heterocycles. The van der Waals surface area contributed by atoms with Gasteiger partial charge in [-0.25, -0.2) is 4.57 Å². The van der Waals surface area contributed by atoms with Crippen molar-refractivity contribution >= 4 is 5.91 Å². The van der Waals surface area contributed by atoms with Crippen molar-refractivity contribution in [3.63, 3.8) is 0 Å². The summed E-state index contributed by atoms with van der Waals surface area (Å²) < 4.78 is 1.89. The number of amides is 1. The number of hydrogen-bond acceptors (Lipinski definition) is 1. The largest absolute Gasteiger partial charge is 1.00 e. The summed E-state index contributed by atoms with van der Waals surface area (Å²) in [4.78, 5) is 13.7. The minimum absolute atomic E-state index is 0. The van der Waals surface area contributed by atoms with Gasteiger partial charge in [0, 0.05) is 19.2 Å². The molecule has 0 unspecified atom stereocenters. The molecule has 0 saturated heterocycles. The summed E-state index contributed by atoms with van der Waals surface area (Å²) in [5.41, 5.74) is 0.749. The maximum atomic E-state index is 11.9.